The SMILES string of the molecule is Cc1cccc(C(C)C)c1NC(=O)CCS(=O)(=O)N(C)c1ccccc1. The van der Waals surface area contributed by atoms with Gasteiger partial charge in [-0.15, -0.1) is 0 Å². The third kappa shape index (κ3) is 4.85. The van der Waals surface area contributed by atoms with Crippen LogP contribution in [0.25, 0.3) is 0 Å². The Balaban J connectivity index is 2.05. The number of carbonyl (C=O) groups is 1. The molecule has 0 radical (unpaired) electrons. The standard InChI is InChI=1S/C20H26N2O3S/c1-15(2)18-12-8-9-16(3)20(18)21-19(23)13-14-26(24,25)22(4)17-10-6-5-7-11-17/h5-12,15H,13-14H2,1-4H3,(H,21,23). The van der Waals surface area contributed by atoms with Gasteiger partial charge >= 0.3 is 0 Å². The number of rotatable bonds is 7. The molecule has 6 heteroatoms. The quantitative estimate of drug-likeness (QED) is 0.799. The molecule has 2 rings (SSSR count). The van der Waals surface area contributed by atoms with Gasteiger partial charge in [-0.25, -0.2) is 8.42 Å². The van der Waals surface area contributed by atoms with Crippen molar-refractivity contribution in [3.8, 4) is 0 Å². The van der Waals surface area contributed by atoms with Gasteiger partial charge in [-0.2, -0.15) is 0 Å². The number of hydrogen-bond acceptors (Lipinski definition) is 3. The Hall–Kier alpha value is -2.34. The van der Waals surface area contributed by atoms with Crippen molar-refractivity contribution in [3.05, 3.63) is 59.7 Å². The van der Waals surface area contributed by atoms with Crippen molar-refractivity contribution in [1.29, 1.82) is 0 Å². The summed E-state index contributed by atoms with van der Waals surface area (Å²) in [5.74, 6) is -0.281. The summed E-state index contributed by atoms with van der Waals surface area (Å²) in [4.78, 5) is 12.4. The van der Waals surface area contributed by atoms with Crippen LogP contribution in [0, 0.1) is 6.92 Å². The Labute approximate surface area is 156 Å². The Morgan fingerprint density at radius 1 is 1.08 bits per heavy atom. The molecular weight excluding hydrogens is 348 g/mol. The van der Waals surface area contributed by atoms with Gasteiger partial charge in [0.05, 0.1) is 11.4 Å². The second-order valence-corrected chi connectivity index (χ2v) is 8.73. The van der Waals surface area contributed by atoms with E-state index in [2.05, 4.69) is 19.2 Å². The van der Waals surface area contributed by atoms with Gasteiger partial charge in [0.2, 0.25) is 15.9 Å². The van der Waals surface area contributed by atoms with Crippen molar-refractivity contribution in [3.63, 3.8) is 0 Å². The summed E-state index contributed by atoms with van der Waals surface area (Å²) in [5.41, 5.74) is 3.37. The van der Waals surface area contributed by atoms with Crippen LogP contribution in [0.5, 0.6) is 0 Å². The second-order valence-electron chi connectivity index (χ2n) is 6.61. The third-order valence-electron chi connectivity index (χ3n) is 4.32. The number of carbonyl (C=O) groups excluding carboxylic acids is 1. The van der Waals surface area contributed by atoms with E-state index in [9.17, 15) is 13.2 Å². The first kappa shape index (κ1) is 20.0. The van der Waals surface area contributed by atoms with Crippen molar-refractivity contribution in [1.82, 2.24) is 0 Å². The van der Waals surface area contributed by atoms with Gasteiger partial charge in [-0.1, -0.05) is 50.2 Å². The summed E-state index contributed by atoms with van der Waals surface area (Å²) in [7, 11) is -2.06. The van der Waals surface area contributed by atoms with Crippen LogP contribution in [0.15, 0.2) is 48.5 Å². The predicted molar refractivity (Wildman–Crippen MR) is 107 cm³/mol. The zero-order valence-electron chi connectivity index (χ0n) is 15.7. The van der Waals surface area contributed by atoms with Gasteiger partial charge in [0.25, 0.3) is 0 Å². The topological polar surface area (TPSA) is 66.5 Å². The van der Waals surface area contributed by atoms with Gasteiger partial charge in [-0.3, -0.25) is 9.10 Å². The van der Waals surface area contributed by atoms with Crippen molar-refractivity contribution in [2.24, 2.45) is 0 Å². The fourth-order valence-electron chi connectivity index (χ4n) is 2.70. The van der Waals surface area contributed by atoms with E-state index in [-0.39, 0.29) is 24.0 Å². The summed E-state index contributed by atoms with van der Waals surface area (Å²) in [6.07, 6.45) is -0.0919. The molecule has 1 N–H and O–H groups in total. The molecular formula is C20H26N2O3S. The molecule has 26 heavy (non-hydrogen) atoms. The molecule has 0 aliphatic carbocycles. The molecule has 0 bridgehead atoms. The highest BCUT2D eigenvalue weighted by Gasteiger charge is 2.20. The van der Waals surface area contributed by atoms with E-state index in [0.29, 0.717) is 5.69 Å². The maximum atomic E-state index is 12.5. The summed E-state index contributed by atoms with van der Waals surface area (Å²) in [6.45, 7) is 6.05. The molecule has 1 amide bonds. The largest absolute Gasteiger partial charge is 0.326 e. The fourth-order valence-corrected chi connectivity index (χ4v) is 3.86. The van der Waals surface area contributed by atoms with Gasteiger partial charge < -0.3 is 5.32 Å². The summed E-state index contributed by atoms with van der Waals surface area (Å²) < 4.78 is 26.2. The van der Waals surface area contributed by atoms with Crippen LogP contribution < -0.4 is 9.62 Å². The first-order valence-corrected chi connectivity index (χ1v) is 10.2. The smallest absolute Gasteiger partial charge is 0.235 e. The number of aryl methyl sites for hydroxylation is 1. The van der Waals surface area contributed by atoms with Crippen LogP contribution in [-0.2, 0) is 14.8 Å². The summed E-state index contributed by atoms with van der Waals surface area (Å²) in [5, 5.41) is 2.89. The molecule has 0 aliphatic rings. The van der Waals surface area contributed by atoms with Gasteiger partial charge in [0, 0.05) is 19.2 Å². The lowest BCUT2D eigenvalue weighted by Gasteiger charge is -2.20. The molecule has 2 aromatic carbocycles. The Morgan fingerprint density at radius 3 is 2.35 bits per heavy atom. The van der Waals surface area contributed by atoms with Gasteiger partial charge in [-0.05, 0) is 36.1 Å². The Bertz CT molecular complexity index is 862. The van der Waals surface area contributed by atoms with Crippen LogP contribution in [0.2, 0.25) is 0 Å². The minimum atomic E-state index is -3.56. The molecule has 0 fully saturated rings. The maximum absolute atomic E-state index is 12.5. The van der Waals surface area contributed by atoms with Crippen LogP contribution in [0.3, 0.4) is 0 Å². The van der Waals surface area contributed by atoms with E-state index in [0.717, 1.165) is 16.8 Å². The molecule has 0 atom stereocenters. The average molecular weight is 375 g/mol. The average Bonchev–Trinajstić information content (AvgIpc) is 2.61. The molecule has 0 aliphatic heterocycles. The monoisotopic (exact) mass is 374 g/mol. The van der Waals surface area contributed by atoms with Crippen LogP contribution in [0.4, 0.5) is 11.4 Å². The highest BCUT2D eigenvalue weighted by molar-refractivity contribution is 7.92. The van der Waals surface area contributed by atoms with E-state index >= 15 is 0 Å². The Kier molecular flexibility index (Phi) is 6.42. The number of para-hydroxylation sites is 2. The first-order chi connectivity index (χ1) is 12.2. The van der Waals surface area contributed by atoms with Crippen molar-refractivity contribution in [2.75, 3.05) is 22.4 Å². The molecule has 0 saturated heterocycles. The maximum Gasteiger partial charge on any atom is 0.235 e. The van der Waals surface area contributed by atoms with Gasteiger partial charge in [0.15, 0.2) is 0 Å². The lowest BCUT2D eigenvalue weighted by Crippen LogP contribution is -2.30. The number of benzene rings is 2. The minimum Gasteiger partial charge on any atom is -0.326 e. The zero-order valence-corrected chi connectivity index (χ0v) is 16.5. The molecule has 0 aromatic heterocycles. The lowest BCUT2D eigenvalue weighted by molar-refractivity contribution is -0.115. The Morgan fingerprint density at radius 2 is 1.73 bits per heavy atom. The van der Waals surface area contributed by atoms with Crippen molar-refractivity contribution in [2.45, 2.75) is 33.1 Å². The first-order valence-electron chi connectivity index (χ1n) is 8.63. The number of sulfonamides is 1. The van der Waals surface area contributed by atoms with E-state index in [1.807, 2.05) is 31.2 Å². The third-order valence-corrected chi connectivity index (χ3v) is 6.08. The molecule has 0 heterocycles. The number of nitrogens with zero attached hydrogens (tertiary/aromatic N) is 1. The van der Waals surface area contributed by atoms with E-state index in [4.69, 9.17) is 0 Å². The number of hydrogen-bond donors (Lipinski definition) is 1. The fraction of sp³-hybridized carbons (Fsp3) is 0.350. The molecule has 0 spiro atoms. The minimum absolute atomic E-state index is 0.0919. The highest BCUT2D eigenvalue weighted by Crippen LogP contribution is 2.27. The lowest BCUT2D eigenvalue weighted by atomic mass is 9.98. The summed E-state index contributed by atoms with van der Waals surface area (Å²) >= 11 is 0. The zero-order chi connectivity index (χ0) is 19.3. The van der Waals surface area contributed by atoms with Crippen molar-refractivity contribution >= 4 is 27.3 Å². The van der Waals surface area contributed by atoms with Crippen molar-refractivity contribution < 1.29 is 13.2 Å². The van der Waals surface area contributed by atoms with Gasteiger partial charge in [0.1, 0.15) is 0 Å². The van der Waals surface area contributed by atoms with Crippen LogP contribution in [-0.4, -0.2) is 27.1 Å². The van der Waals surface area contributed by atoms with Crippen LogP contribution in [0.1, 0.15) is 37.3 Å². The van der Waals surface area contributed by atoms with E-state index < -0.39 is 10.0 Å². The molecule has 140 valence electrons. The number of nitrogens with one attached hydrogen (secondary N) is 1. The number of amides is 1. The molecule has 5 nitrogen and oxygen atoms in total. The second kappa shape index (κ2) is 8.36. The van der Waals surface area contributed by atoms with Crippen LogP contribution >= 0.6 is 0 Å². The molecule has 0 unspecified atom stereocenters. The predicted octanol–water partition coefficient (Wildman–Crippen LogP) is 3.91. The number of anilines is 2. The van der Waals surface area contributed by atoms with E-state index in [1.165, 1.54) is 11.4 Å². The normalized spacial score (nSPS) is 11.4. The van der Waals surface area contributed by atoms with E-state index in [1.54, 1.807) is 24.3 Å². The summed E-state index contributed by atoms with van der Waals surface area (Å²) in [6, 6.07) is 14.7. The molecule has 2 aromatic rings. The molecule has 0 saturated carbocycles. The highest BCUT2D eigenvalue weighted by atomic mass is 32.2.